The summed E-state index contributed by atoms with van der Waals surface area (Å²) < 4.78 is 0.858. The van der Waals surface area contributed by atoms with Crippen LogP contribution in [-0.2, 0) is 0 Å². The number of anilines is 1. The number of benzene rings is 1. The van der Waals surface area contributed by atoms with Crippen LogP contribution in [0.5, 0.6) is 0 Å². The van der Waals surface area contributed by atoms with Gasteiger partial charge < -0.3 is 5.32 Å². The third-order valence-electron chi connectivity index (χ3n) is 3.24. The number of thioether (sulfide) groups is 1. The summed E-state index contributed by atoms with van der Waals surface area (Å²) in [5, 5.41) is 14.6. The largest absolute Gasteiger partial charge is 0.377 e. The molecule has 1 aromatic heterocycles. The van der Waals surface area contributed by atoms with E-state index in [1.165, 1.54) is 11.3 Å². The predicted octanol–water partition coefficient (Wildman–Crippen LogP) is 3.51. The normalized spacial score (nSPS) is 16.6. The highest BCUT2D eigenvalue weighted by atomic mass is 32.2. The maximum atomic E-state index is 11.3. The summed E-state index contributed by atoms with van der Waals surface area (Å²) in [6, 6.07) is 4.04. The topological polar surface area (TPSA) is 68.1 Å². The Labute approximate surface area is 118 Å². The van der Waals surface area contributed by atoms with Crippen molar-refractivity contribution in [3.05, 3.63) is 27.8 Å². The number of nitro benzene ring substituents is 1. The Morgan fingerprint density at radius 3 is 2.89 bits per heavy atom. The molecule has 2 aromatic rings. The third kappa shape index (κ3) is 2.52. The van der Waals surface area contributed by atoms with Crippen molar-refractivity contribution in [2.75, 3.05) is 16.8 Å². The van der Waals surface area contributed by atoms with E-state index < -0.39 is 0 Å². The minimum absolute atomic E-state index is 0.108. The van der Waals surface area contributed by atoms with Gasteiger partial charge in [0.05, 0.1) is 15.1 Å². The Morgan fingerprint density at radius 2 is 2.16 bits per heavy atom. The standard InChI is InChI=1S/C12H13N3O2S2/c16-15(17)12-9(14-8-3-5-18-6-4-8)1-2-10-11(12)13-7-19-10/h1-2,7-8,14H,3-6H2. The molecule has 0 atom stereocenters. The van der Waals surface area contributed by atoms with Gasteiger partial charge in [0.2, 0.25) is 0 Å². The zero-order chi connectivity index (χ0) is 13.2. The maximum Gasteiger partial charge on any atom is 0.319 e. The minimum atomic E-state index is -0.331. The molecule has 0 unspecified atom stereocenters. The summed E-state index contributed by atoms with van der Waals surface area (Å²) >= 11 is 3.37. The molecule has 0 radical (unpaired) electrons. The van der Waals surface area contributed by atoms with Crippen molar-refractivity contribution >= 4 is 44.7 Å². The van der Waals surface area contributed by atoms with Crippen molar-refractivity contribution in [3.8, 4) is 0 Å². The summed E-state index contributed by atoms with van der Waals surface area (Å²) in [5.41, 5.74) is 2.85. The van der Waals surface area contributed by atoms with Gasteiger partial charge in [-0.05, 0) is 36.5 Å². The van der Waals surface area contributed by atoms with E-state index in [-0.39, 0.29) is 10.6 Å². The summed E-state index contributed by atoms with van der Waals surface area (Å²) in [7, 11) is 0. The highest BCUT2D eigenvalue weighted by Gasteiger charge is 2.23. The van der Waals surface area contributed by atoms with Crippen LogP contribution in [0.15, 0.2) is 17.6 Å². The molecule has 1 aliphatic rings. The SMILES string of the molecule is O=[N+]([O-])c1c(NC2CCSCC2)ccc2scnc12. The molecular formula is C12H13N3O2S2. The Bertz CT molecular complexity index is 608. The lowest BCUT2D eigenvalue weighted by Crippen LogP contribution is -2.24. The molecule has 2 heterocycles. The Hall–Kier alpha value is -1.34. The average molecular weight is 295 g/mol. The molecule has 1 N–H and O–H groups in total. The number of hydrogen-bond donors (Lipinski definition) is 1. The van der Waals surface area contributed by atoms with Crippen LogP contribution < -0.4 is 5.32 Å². The number of rotatable bonds is 3. The first-order chi connectivity index (χ1) is 9.25. The molecule has 0 aliphatic carbocycles. The Balaban J connectivity index is 1.97. The van der Waals surface area contributed by atoms with Gasteiger partial charge in [0.15, 0.2) is 5.52 Å². The second-order valence-electron chi connectivity index (χ2n) is 4.45. The maximum absolute atomic E-state index is 11.3. The van der Waals surface area contributed by atoms with Crippen molar-refractivity contribution in [1.29, 1.82) is 0 Å². The van der Waals surface area contributed by atoms with E-state index in [2.05, 4.69) is 10.3 Å². The first-order valence-corrected chi connectivity index (χ1v) is 8.14. The first-order valence-electron chi connectivity index (χ1n) is 6.10. The zero-order valence-electron chi connectivity index (χ0n) is 10.2. The van der Waals surface area contributed by atoms with Gasteiger partial charge in [0.25, 0.3) is 0 Å². The van der Waals surface area contributed by atoms with E-state index in [0.29, 0.717) is 17.2 Å². The second-order valence-corrected chi connectivity index (χ2v) is 6.56. The minimum Gasteiger partial charge on any atom is -0.377 e. The number of thiazole rings is 1. The molecule has 1 aliphatic heterocycles. The number of nitrogens with zero attached hydrogens (tertiary/aromatic N) is 2. The van der Waals surface area contributed by atoms with Gasteiger partial charge in [0, 0.05) is 6.04 Å². The molecule has 1 aromatic carbocycles. The molecule has 5 nitrogen and oxygen atoms in total. The van der Waals surface area contributed by atoms with E-state index in [1.54, 1.807) is 11.6 Å². The summed E-state index contributed by atoms with van der Waals surface area (Å²) in [6.45, 7) is 0. The number of nitrogens with one attached hydrogen (secondary N) is 1. The van der Waals surface area contributed by atoms with Crippen LogP contribution in [0.3, 0.4) is 0 Å². The van der Waals surface area contributed by atoms with Crippen molar-refractivity contribution in [1.82, 2.24) is 4.98 Å². The van der Waals surface area contributed by atoms with Crippen LogP contribution in [-0.4, -0.2) is 27.5 Å². The van der Waals surface area contributed by atoms with E-state index in [0.717, 1.165) is 29.0 Å². The molecule has 7 heteroatoms. The van der Waals surface area contributed by atoms with Gasteiger partial charge in [-0.25, -0.2) is 4.98 Å². The fourth-order valence-electron chi connectivity index (χ4n) is 2.28. The molecule has 0 saturated carbocycles. The van der Waals surface area contributed by atoms with Gasteiger partial charge in [-0.3, -0.25) is 10.1 Å². The van der Waals surface area contributed by atoms with Crippen LogP contribution in [0, 0.1) is 10.1 Å². The van der Waals surface area contributed by atoms with Crippen molar-refractivity contribution in [2.45, 2.75) is 18.9 Å². The van der Waals surface area contributed by atoms with Crippen molar-refractivity contribution < 1.29 is 4.92 Å². The van der Waals surface area contributed by atoms with E-state index in [4.69, 9.17) is 0 Å². The molecule has 1 saturated heterocycles. The van der Waals surface area contributed by atoms with Gasteiger partial charge in [-0.15, -0.1) is 11.3 Å². The fraction of sp³-hybridized carbons (Fsp3) is 0.417. The molecule has 1 fully saturated rings. The first kappa shape index (κ1) is 12.7. The highest BCUT2D eigenvalue weighted by molar-refractivity contribution is 7.99. The van der Waals surface area contributed by atoms with Crippen LogP contribution in [0.2, 0.25) is 0 Å². The number of hydrogen-bond acceptors (Lipinski definition) is 6. The Morgan fingerprint density at radius 1 is 1.37 bits per heavy atom. The number of nitro groups is 1. The Kier molecular flexibility index (Phi) is 3.56. The van der Waals surface area contributed by atoms with E-state index >= 15 is 0 Å². The zero-order valence-corrected chi connectivity index (χ0v) is 11.8. The molecule has 3 rings (SSSR count). The van der Waals surface area contributed by atoms with Crippen molar-refractivity contribution in [3.63, 3.8) is 0 Å². The molecular weight excluding hydrogens is 282 g/mol. The third-order valence-corrected chi connectivity index (χ3v) is 5.08. The van der Waals surface area contributed by atoms with Crippen LogP contribution in [0.25, 0.3) is 10.2 Å². The lowest BCUT2D eigenvalue weighted by molar-refractivity contribution is -0.382. The summed E-state index contributed by atoms with van der Waals surface area (Å²) in [4.78, 5) is 15.1. The van der Waals surface area contributed by atoms with Gasteiger partial charge >= 0.3 is 5.69 Å². The average Bonchev–Trinajstić information content (AvgIpc) is 2.87. The molecule has 0 bridgehead atoms. The van der Waals surface area contributed by atoms with Gasteiger partial charge in [-0.2, -0.15) is 11.8 Å². The number of aromatic nitrogens is 1. The van der Waals surface area contributed by atoms with Crippen LogP contribution in [0.4, 0.5) is 11.4 Å². The quantitative estimate of drug-likeness (QED) is 0.693. The predicted molar refractivity (Wildman–Crippen MR) is 80.2 cm³/mol. The summed E-state index contributed by atoms with van der Waals surface area (Å²) in [5.74, 6) is 2.23. The molecule has 0 spiro atoms. The fourth-order valence-corrected chi connectivity index (χ4v) is 4.07. The van der Waals surface area contributed by atoms with Gasteiger partial charge in [0.1, 0.15) is 5.69 Å². The highest BCUT2D eigenvalue weighted by Crippen LogP contribution is 2.35. The molecule has 19 heavy (non-hydrogen) atoms. The van der Waals surface area contributed by atoms with Crippen LogP contribution in [0.1, 0.15) is 12.8 Å². The molecule has 0 amide bonds. The smallest absolute Gasteiger partial charge is 0.319 e. The van der Waals surface area contributed by atoms with E-state index in [9.17, 15) is 10.1 Å². The lowest BCUT2D eigenvalue weighted by Gasteiger charge is -2.23. The lowest BCUT2D eigenvalue weighted by atomic mass is 10.1. The van der Waals surface area contributed by atoms with Crippen LogP contribution >= 0.6 is 23.1 Å². The monoisotopic (exact) mass is 295 g/mol. The second kappa shape index (κ2) is 5.34. The van der Waals surface area contributed by atoms with Gasteiger partial charge in [-0.1, -0.05) is 0 Å². The van der Waals surface area contributed by atoms with E-state index in [1.807, 2.05) is 17.8 Å². The molecule has 100 valence electrons. The van der Waals surface area contributed by atoms with Crippen molar-refractivity contribution in [2.24, 2.45) is 0 Å². The summed E-state index contributed by atoms with van der Waals surface area (Å²) in [6.07, 6.45) is 2.11. The number of fused-ring (bicyclic) bond motifs is 1.